The van der Waals surface area contributed by atoms with Gasteiger partial charge >= 0.3 is 0 Å². The first-order chi connectivity index (χ1) is 13.1. The predicted molar refractivity (Wildman–Crippen MR) is 108 cm³/mol. The summed E-state index contributed by atoms with van der Waals surface area (Å²) < 4.78 is 3.80. The van der Waals surface area contributed by atoms with Crippen LogP contribution in [0.15, 0.2) is 66.2 Å². The van der Waals surface area contributed by atoms with Gasteiger partial charge in [-0.2, -0.15) is 4.99 Å². The molecule has 2 heterocycles. The molecule has 6 nitrogen and oxygen atoms in total. The van der Waals surface area contributed by atoms with Gasteiger partial charge in [-0.25, -0.2) is 0 Å². The van der Waals surface area contributed by atoms with Gasteiger partial charge in [-0.1, -0.05) is 29.5 Å². The van der Waals surface area contributed by atoms with Crippen LogP contribution in [0.1, 0.15) is 9.67 Å². The number of hydrogen-bond acceptors (Lipinski definition) is 5. The fourth-order valence-electron chi connectivity index (χ4n) is 2.80. The molecule has 2 aromatic heterocycles. The lowest BCUT2D eigenvalue weighted by molar-refractivity contribution is -0.384. The van der Waals surface area contributed by atoms with Crippen LogP contribution in [0, 0.1) is 10.1 Å². The number of hydrogen-bond donors (Lipinski definition) is 0. The molecule has 0 aliphatic carbocycles. The van der Waals surface area contributed by atoms with Gasteiger partial charge in [-0.3, -0.25) is 14.9 Å². The van der Waals surface area contributed by atoms with Crippen LogP contribution in [-0.2, 0) is 6.54 Å². The van der Waals surface area contributed by atoms with Crippen molar-refractivity contribution in [3.05, 3.63) is 81.0 Å². The second-order valence-corrected chi connectivity index (χ2v) is 7.85. The summed E-state index contributed by atoms with van der Waals surface area (Å²) >= 11 is 2.72. The van der Waals surface area contributed by atoms with E-state index in [2.05, 4.69) is 11.6 Å². The fraction of sp³-hybridized carbons (Fsp3) is 0.0526. The number of nitro benzene ring substituents is 1. The molecule has 4 aromatic rings. The SMILES string of the molecule is C=CCn1c(=NC(=O)c2cc3cc([N+](=O)[O-])ccc3s2)sc2ccccc21. The summed E-state index contributed by atoms with van der Waals surface area (Å²) in [5.41, 5.74) is 1.01. The van der Waals surface area contributed by atoms with Crippen LogP contribution >= 0.6 is 22.7 Å². The van der Waals surface area contributed by atoms with Crippen molar-refractivity contribution in [3.8, 4) is 0 Å². The van der Waals surface area contributed by atoms with Crippen molar-refractivity contribution in [2.24, 2.45) is 4.99 Å². The van der Waals surface area contributed by atoms with E-state index in [1.165, 1.54) is 34.8 Å². The van der Waals surface area contributed by atoms with Crippen molar-refractivity contribution in [2.45, 2.75) is 6.54 Å². The van der Waals surface area contributed by atoms with Crippen LogP contribution in [0.25, 0.3) is 20.3 Å². The van der Waals surface area contributed by atoms with E-state index in [0.29, 0.717) is 21.6 Å². The zero-order chi connectivity index (χ0) is 19.0. The molecule has 134 valence electrons. The van der Waals surface area contributed by atoms with E-state index in [-0.39, 0.29) is 11.6 Å². The van der Waals surface area contributed by atoms with E-state index >= 15 is 0 Å². The van der Waals surface area contributed by atoms with Crippen LogP contribution in [0.5, 0.6) is 0 Å². The van der Waals surface area contributed by atoms with E-state index in [9.17, 15) is 14.9 Å². The summed E-state index contributed by atoms with van der Waals surface area (Å²) in [6.45, 7) is 4.33. The monoisotopic (exact) mass is 395 g/mol. The van der Waals surface area contributed by atoms with Crippen molar-refractivity contribution >= 4 is 54.6 Å². The average molecular weight is 395 g/mol. The Morgan fingerprint density at radius 1 is 1.19 bits per heavy atom. The molecule has 1 amide bonds. The van der Waals surface area contributed by atoms with E-state index in [1.807, 2.05) is 28.8 Å². The Bertz CT molecular complexity index is 1280. The largest absolute Gasteiger partial charge is 0.312 e. The number of fused-ring (bicyclic) bond motifs is 2. The molecule has 0 aliphatic heterocycles. The molecule has 8 heteroatoms. The standard InChI is InChI=1S/C19H13N3O3S2/c1-2-9-21-14-5-3-4-6-16(14)27-19(21)20-18(23)17-11-12-10-13(22(24)25)7-8-15(12)26-17/h2-8,10-11H,1,9H2. The van der Waals surface area contributed by atoms with Gasteiger partial charge in [0.25, 0.3) is 11.6 Å². The molecule has 0 saturated heterocycles. The van der Waals surface area contributed by atoms with Crippen molar-refractivity contribution in [1.82, 2.24) is 4.57 Å². The van der Waals surface area contributed by atoms with Gasteiger partial charge in [-0.05, 0) is 24.3 Å². The highest BCUT2D eigenvalue weighted by molar-refractivity contribution is 7.21. The number of nitro groups is 1. The van der Waals surface area contributed by atoms with Crippen LogP contribution in [-0.4, -0.2) is 15.4 Å². The molecule has 0 unspecified atom stereocenters. The number of benzene rings is 2. The van der Waals surface area contributed by atoms with Gasteiger partial charge in [0.15, 0.2) is 4.80 Å². The van der Waals surface area contributed by atoms with Gasteiger partial charge in [-0.15, -0.1) is 17.9 Å². The quantitative estimate of drug-likeness (QED) is 0.284. The highest BCUT2D eigenvalue weighted by Gasteiger charge is 2.14. The zero-order valence-corrected chi connectivity index (χ0v) is 15.6. The summed E-state index contributed by atoms with van der Waals surface area (Å²) in [7, 11) is 0. The summed E-state index contributed by atoms with van der Waals surface area (Å²) in [6, 6.07) is 14.1. The number of amides is 1. The molecule has 27 heavy (non-hydrogen) atoms. The summed E-state index contributed by atoms with van der Waals surface area (Å²) in [4.78, 5) is 28.6. The minimum Gasteiger partial charge on any atom is -0.312 e. The van der Waals surface area contributed by atoms with Crippen LogP contribution in [0.2, 0.25) is 0 Å². The molecule has 0 aliphatic rings. The van der Waals surface area contributed by atoms with Crippen molar-refractivity contribution in [1.29, 1.82) is 0 Å². The van der Waals surface area contributed by atoms with E-state index < -0.39 is 4.92 Å². The summed E-state index contributed by atoms with van der Waals surface area (Å²) in [5, 5.41) is 11.6. The van der Waals surface area contributed by atoms with Gasteiger partial charge in [0.05, 0.1) is 20.0 Å². The first-order valence-electron chi connectivity index (χ1n) is 8.03. The third-order valence-corrected chi connectivity index (χ3v) is 6.18. The number of para-hydroxylation sites is 1. The second kappa shape index (κ2) is 6.90. The van der Waals surface area contributed by atoms with Gasteiger partial charge < -0.3 is 4.57 Å². The molecule has 4 rings (SSSR count). The Morgan fingerprint density at radius 2 is 2.00 bits per heavy atom. The van der Waals surface area contributed by atoms with E-state index in [0.717, 1.165) is 14.9 Å². The lowest BCUT2D eigenvalue weighted by atomic mass is 10.2. The summed E-state index contributed by atoms with van der Waals surface area (Å²) in [5.74, 6) is -0.358. The zero-order valence-electron chi connectivity index (χ0n) is 14.0. The molecule has 0 saturated carbocycles. The summed E-state index contributed by atoms with van der Waals surface area (Å²) in [6.07, 6.45) is 1.77. The highest BCUT2D eigenvalue weighted by Crippen LogP contribution is 2.29. The van der Waals surface area contributed by atoms with Crippen LogP contribution in [0.4, 0.5) is 5.69 Å². The Labute approximate surface area is 161 Å². The van der Waals surface area contributed by atoms with Gasteiger partial charge in [0.1, 0.15) is 0 Å². The lowest BCUT2D eigenvalue weighted by Crippen LogP contribution is -2.15. The molecule has 0 atom stereocenters. The third-order valence-electron chi connectivity index (χ3n) is 4.02. The predicted octanol–water partition coefficient (Wildman–Crippen LogP) is 4.75. The highest BCUT2D eigenvalue weighted by atomic mass is 32.1. The molecule has 0 bridgehead atoms. The van der Waals surface area contributed by atoms with Crippen molar-refractivity contribution < 1.29 is 9.72 Å². The van der Waals surface area contributed by atoms with Gasteiger partial charge in [0, 0.05) is 28.8 Å². The number of thiophene rings is 1. The Hall–Kier alpha value is -3.10. The fourth-order valence-corrected chi connectivity index (χ4v) is 4.77. The number of carbonyl (C=O) groups excluding carboxylic acids is 1. The molecule has 0 fully saturated rings. The normalized spacial score (nSPS) is 11.9. The third kappa shape index (κ3) is 3.20. The number of nitrogens with zero attached hydrogens (tertiary/aromatic N) is 3. The molecular formula is C19H13N3O3S2. The Morgan fingerprint density at radius 3 is 2.78 bits per heavy atom. The minimum absolute atomic E-state index is 0.00423. The van der Waals surface area contributed by atoms with Crippen LogP contribution < -0.4 is 4.80 Å². The smallest absolute Gasteiger partial charge is 0.289 e. The lowest BCUT2D eigenvalue weighted by Gasteiger charge is -1.99. The van der Waals surface area contributed by atoms with Crippen molar-refractivity contribution in [3.63, 3.8) is 0 Å². The topological polar surface area (TPSA) is 77.5 Å². The first kappa shape index (κ1) is 17.3. The minimum atomic E-state index is -0.446. The van der Waals surface area contributed by atoms with Crippen molar-refractivity contribution in [2.75, 3.05) is 0 Å². The Kier molecular flexibility index (Phi) is 4.43. The molecule has 2 aromatic carbocycles. The first-order valence-corrected chi connectivity index (χ1v) is 9.66. The number of thiazole rings is 1. The Balaban J connectivity index is 1.80. The number of aromatic nitrogens is 1. The molecule has 0 radical (unpaired) electrons. The molecule has 0 spiro atoms. The maximum atomic E-state index is 12.7. The van der Waals surface area contributed by atoms with E-state index in [4.69, 9.17) is 0 Å². The molecule has 0 N–H and O–H groups in total. The van der Waals surface area contributed by atoms with E-state index in [1.54, 1.807) is 18.2 Å². The maximum Gasteiger partial charge on any atom is 0.289 e. The number of non-ortho nitro benzene ring substituents is 1. The number of rotatable bonds is 4. The second-order valence-electron chi connectivity index (χ2n) is 5.76. The van der Waals surface area contributed by atoms with Crippen LogP contribution in [0.3, 0.4) is 0 Å². The molecular weight excluding hydrogens is 382 g/mol. The average Bonchev–Trinajstić information content (AvgIpc) is 3.23. The van der Waals surface area contributed by atoms with Gasteiger partial charge in [0.2, 0.25) is 0 Å². The number of carbonyl (C=O) groups is 1. The number of allylic oxidation sites excluding steroid dienone is 1. The maximum absolute atomic E-state index is 12.7.